The van der Waals surface area contributed by atoms with E-state index < -0.39 is 0 Å². The molecule has 3 nitrogen and oxygen atoms in total. The van der Waals surface area contributed by atoms with Gasteiger partial charge in [-0.1, -0.05) is 6.42 Å². The van der Waals surface area contributed by atoms with Crippen LogP contribution in [0.15, 0.2) is 12.1 Å². The molecular formula is C12H18N2O. The predicted octanol–water partition coefficient (Wildman–Crippen LogP) is 2.68. The van der Waals surface area contributed by atoms with Gasteiger partial charge >= 0.3 is 0 Å². The summed E-state index contributed by atoms with van der Waals surface area (Å²) in [7, 11) is 0. The summed E-state index contributed by atoms with van der Waals surface area (Å²) < 4.78 is 5.92. The summed E-state index contributed by atoms with van der Waals surface area (Å²) in [6.45, 7) is 1.94. The quantitative estimate of drug-likeness (QED) is 0.809. The second-order valence-electron chi connectivity index (χ2n) is 4.20. The van der Waals surface area contributed by atoms with Crippen LogP contribution >= 0.6 is 0 Å². The van der Waals surface area contributed by atoms with Crippen molar-refractivity contribution in [2.75, 3.05) is 5.73 Å². The van der Waals surface area contributed by atoms with E-state index in [4.69, 9.17) is 10.5 Å². The van der Waals surface area contributed by atoms with Crippen molar-refractivity contribution in [3.8, 4) is 5.75 Å². The lowest BCUT2D eigenvalue weighted by Gasteiger charge is -2.23. The molecule has 0 unspecified atom stereocenters. The van der Waals surface area contributed by atoms with Crippen LogP contribution in [-0.4, -0.2) is 11.1 Å². The average Bonchev–Trinajstić information content (AvgIpc) is 2.24. The fourth-order valence-electron chi connectivity index (χ4n) is 2.05. The molecular weight excluding hydrogens is 188 g/mol. The van der Waals surface area contributed by atoms with Gasteiger partial charge in [0.2, 0.25) is 0 Å². The highest BCUT2D eigenvalue weighted by atomic mass is 16.5. The molecule has 1 aliphatic rings. The molecule has 0 spiro atoms. The second-order valence-corrected chi connectivity index (χ2v) is 4.20. The molecule has 1 aromatic heterocycles. The van der Waals surface area contributed by atoms with Crippen molar-refractivity contribution in [2.24, 2.45) is 0 Å². The average molecular weight is 206 g/mol. The standard InChI is InChI=1S/C12H18N2O/c1-9-11(7-8-12(13)14-9)15-10-5-3-2-4-6-10/h7-8,10H,2-6H2,1H3,(H2,13,14). The van der Waals surface area contributed by atoms with Crippen LogP contribution in [0.2, 0.25) is 0 Å². The van der Waals surface area contributed by atoms with E-state index in [-0.39, 0.29) is 0 Å². The number of rotatable bonds is 2. The molecule has 1 heterocycles. The van der Waals surface area contributed by atoms with Crippen LogP contribution < -0.4 is 10.5 Å². The highest BCUT2D eigenvalue weighted by Gasteiger charge is 2.15. The Kier molecular flexibility index (Phi) is 3.09. The maximum Gasteiger partial charge on any atom is 0.141 e. The Labute approximate surface area is 90.7 Å². The number of aromatic nitrogens is 1. The summed E-state index contributed by atoms with van der Waals surface area (Å²) >= 11 is 0. The van der Waals surface area contributed by atoms with Crippen LogP contribution in [0.4, 0.5) is 5.82 Å². The van der Waals surface area contributed by atoms with Crippen molar-refractivity contribution in [1.82, 2.24) is 4.98 Å². The normalized spacial score (nSPS) is 17.7. The molecule has 0 aromatic carbocycles. The highest BCUT2D eigenvalue weighted by molar-refractivity contribution is 5.37. The lowest BCUT2D eigenvalue weighted by molar-refractivity contribution is 0.153. The summed E-state index contributed by atoms with van der Waals surface area (Å²) in [5, 5.41) is 0. The number of anilines is 1. The third-order valence-corrected chi connectivity index (χ3v) is 2.90. The molecule has 0 saturated heterocycles. The summed E-state index contributed by atoms with van der Waals surface area (Å²) in [5.41, 5.74) is 6.48. The smallest absolute Gasteiger partial charge is 0.141 e. The largest absolute Gasteiger partial charge is 0.489 e. The number of nitrogen functional groups attached to an aromatic ring is 1. The number of pyridine rings is 1. The molecule has 0 aliphatic heterocycles. The SMILES string of the molecule is Cc1nc(N)ccc1OC1CCCCC1. The van der Waals surface area contributed by atoms with Crippen molar-refractivity contribution in [3.05, 3.63) is 17.8 Å². The van der Waals surface area contributed by atoms with Crippen molar-refractivity contribution < 1.29 is 4.74 Å². The van der Waals surface area contributed by atoms with Gasteiger partial charge in [-0.15, -0.1) is 0 Å². The lowest BCUT2D eigenvalue weighted by atomic mass is 9.98. The number of aryl methyl sites for hydroxylation is 1. The molecule has 0 atom stereocenters. The molecule has 1 aliphatic carbocycles. The van der Waals surface area contributed by atoms with E-state index in [1.165, 1.54) is 32.1 Å². The molecule has 0 amide bonds. The van der Waals surface area contributed by atoms with Gasteiger partial charge in [0.1, 0.15) is 11.6 Å². The summed E-state index contributed by atoms with van der Waals surface area (Å²) in [6.07, 6.45) is 6.63. The zero-order chi connectivity index (χ0) is 10.7. The first-order valence-electron chi connectivity index (χ1n) is 5.65. The van der Waals surface area contributed by atoms with Crippen LogP contribution in [0, 0.1) is 6.92 Å². The number of ether oxygens (including phenoxy) is 1. The summed E-state index contributed by atoms with van der Waals surface area (Å²) in [4.78, 5) is 4.19. The fraction of sp³-hybridized carbons (Fsp3) is 0.583. The first-order chi connectivity index (χ1) is 7.25. The molecule has 0 bridgehead atoms. The number of hydrogen-bond acceptors (Lipinski definition) is 3. The maximum absolute atomic E-state index is 5.92. The Morgan fingerprint density at radius 3 is 2.67 bits per heavy atom. The van der Waals surface area contributed by atoms with Crippen molar-refractivity contribution in [3.63, 3.8) is 0 Å². The first kappa shape index (κ1) is 10.3. The van der Waals surface area contributed by atoms with E-state index in [2.05, 4.69) is 4.98 Å². The van der Waals surface area contributed by atoms with E-state index in [1.54, 1.807) is 6.07 Å². The first-order valence-corrected chi connectivity index (χ1v) is 5.65. The number of nitrogens with two attached hydrogens (primary N) is 1. The third kappa shape index (κ3) is 2.61. The van der Waals surface area contributed by atoms with Crippen LogP contribution in [0.5, 0.6) is 5.75 Å². The van der Waals surface area contributed by atoms with Gasteiger partial charge in [0.05, 0.1) is 11.8 Å². The van der Waals surface area contributed by atoms with Gasteiger partial charge in [0.15, 0.2) is 0 Å². The Morgan fingerprint density at radius 1 is 1.27 bits per heavy atom. The van der Waals surface area contributed by atoms with E-state index in [0.717, 1.165) is 11.4 Å². The number of hydrogen-bond donors (Lipinski definition) is 1. The van der Waals surface area contributed by atoms with Crippen molar-refractivity contribution in [1.29, 1.82) is 0 Å². The summed E-state index contributed by atoms with van der Waals surface area (Å²) in [5.74, 6) is 1.44. The third-order valence-electron chi connectivity index (χ3n) is 2.90. The van der Waals surface area contributed by atoms with E-state index in [1.807, 2.05) is 13.0 Å². The van der Waals surface area contributed by atoms with Crippen LogP contribution in [0.1, 0.15) is 37.8 Å². The van der Waals surface area contributed by atoms with Crippen molar-refractivity contribution >= 4 is 5.82 Å². The Hall–Kier alpha value is -1.25. The van der Waals surface area contributed by atoms with Crippen molar-refractivity contribution in [2.45, 2.75) is 45.1 Å². The van der Waals surface area contributed by atoms with Gasteiger partial charge in [-0.25, -0.2) is 4.98 Å². The zero-order valence-electron chi connectivity index (χ0n) is 9.20. The lowest BCUT2D eigenvalue weighted by Crippen LogP contribution is -2.20. The number of nitrogens with zero attached hydrogens (tertiary/aromatic N) is 1. The minimum Gasteiger partial charge on any atom is -0.489 e. The van der Waals surface area contributed by atoms with E-state index in [9.17, 15) is 0 Å². The molecule has 2 N–H and O–H groups in total. The maximum atomic E-state index is 5.92. The van der Waals surface area contributed by atoms with Gasteiger partial charge in [0, 0.05) is 0 Å². The predicted molar refractivity (Wildman–Crippen MR) is 60.9 cm³/mol. The Morgan fingerprint density at radius 2 is 2.00 bits per heavy atom. The monoisotopic (exact) mass is 206 g/mol. The highest BCUT2D eigenvalue weighted by Crippen LogP contribution is 2.25. The van der Waals surface area contributed by atoms with Gasteiger partial charge in [0.25, 0.3) is 0 Å². The van der Waals surface area contributed by atoms with E-state index >= 15 is 0 Å². The Bertz CT molecular complexity index is 332. The molecule has 1 fully saturated rings. The minimum atomic E-state index is 0.378. The molecule has 0 radical (unpaired) electrons. The minimum absolute atomic E-state index is 0.378. The molecule has 82 valence electrons. The van der Waals surface area contributed by atoms with Gasteiger partial charge in [-0.3, -0.25) is 0 Å². The molecule has 1 aromatic rings. The molecule has 3 heteroatoms. The second kappa shape index (κ2) is 4.51. The zero-order valence-corrected chi connectivity index (χ0v) is 9.20. The van der Waals surface area contributed by atoms with E-state index in [0.29, 0.717) is 11.9 Å². The van der Waals surface area contributed by atoms with Crippen LogP contribution in [-0.2, 0) is 0 Å². The van der Waals surface area contributed by atoms with Gasteiger partial charge in [-0.2, -0.15) is 0 Å². The summed E-state index contributed by atoms with van der Waals surface area (Å²) in [6, 6.07) is 3.72. The van der Waals surface area contributed by atoms with Crippen LogP contribution in [0.25, 0.3) is 0 Å². The van der Waals surface area contributed by atoms with Gasteiger partial charge < -0.3 is 10.5 Å². The topological polar surface area (TPSA) is 48.1 Å². The van der Waals surface area contributed by atoms with Crippen LogP contribution in [0.3, 0.4) is 0 Å². The molecule has 2 rings (SSSR count). The fourth-order valence-corrected chi connectivity index (χ4v) is 2.05. The molecule has 1 saturated carbocycles. The Balaban J connectivity index is 2.03. The van der Waals surface area contributed by atoms with Gasteiger partial charge in [-0.05, 0) is 44.7 Å². The molecule has 15 heavy (non-hydrogen) atoms.